The number of carboxylic acid groups (broad SMARTS) is 1. The standard InChI is InChI=1S/C9H17NO3/c1-4-7(6(3)11)5(2)10-8(4)9(12)13/h4-8,10-11H,1-3H3,(H,12,13)/t4-,5-,6-,7-,8+/m0/s1. The van der Waals surface area contributed by atoms with E-state index in [-0.39, 0.29) is 17.9 Å². The topological polar surface area (TPSA) is 69.6 Å². The Bertz CT molecular complexity index is 205. The molecular weight excluding hydrogens is 170 g/mol. The van der Waals surface area contributed by atoms with Crippen molar-refractivity contribution in [2.45, 2.75) is 39.0 Å². The number of hydrogen-bond donors (Lipinski definition) is 3. The first-order valence-electron chi connectivity index (χ1n) is 4.62. The Morgan fingerprint density at radius 2 is 2.00 bits per heavy atom. The lowest BCUT2D eigenvalue weighted by molar-refractivity contribution is -0.140. The molecule has 1 aliphatic heterocycles. The van der Waals surface area contributed by atoms with E-state index in [4.69, 9.17) is 5.11 Å². The number of carboxylic acids is 1. The minimum atomic E-state index is -0.831. The zero-order valence-corrected chi connectivity index (χ0v) is 8.19. The van der Waals surface area contributed by atoms with Crippen LogP contribution in [0.25, 0.3) is 0 Å². The van der Waals surface area contributed by atoms with Crippen molar-refractivity contribution in [3.05, 3.63) is 0 Å². The van der Waals surface area contributed by atoms with Crippen LogP contribution >= 0.6 is 0 Å². The van der Waals surface area contributed by atoms with Gasteiger partial charge in [-0.05, 0) is 19.8 Å². The van der Waals surface area contributed by atoms with Crippen LogP contribution in [-0.4, -0.2) is 34.4 Å². The van der Waals surface area contributed by atoms with E-state index in [9.17, 15) is 9.90 Å². The van der Waals surface area contributed by atoms with Crippen molar-refractivity contribution in [2.75, 3.05) is 0 Å². The maximum Gasteiger partial charge on any atom is 0.320 e. The Kier molecular flexibility index (Phi) is 2.93. The maximum absolute atomic E-state index is 10.8. The molecule has 0 radical (unpaired) electrons. The summed E-state index contributed by atoms with van der Waals surface area (Å²) in [5.41, 5.74) is 0. The highest BCUT2D eigenvalue weighted by Crippen LogP contribution is 2.29. The Hall–Kier alpha value is -0.610. The van der Waals surface area contributed by atoms with Gasteiger partial charge in [0.2, 0.25) is 0 Å². The van der Waals surface area contributed by atoms with Crippen molar-refractivity contribution in [3.8, 4) is 0 Å². The number of rotatable bonds is 2. The largest absolute Gasteiger partial charge is 0.480 e. The van der Waals surface area contributed by atoms with Gasteiger partial charge in [-0.2, -0.15) is 0 Å². The number of carbonyl (C=O) groups is 1. The molecule has 0 aromatic rings. The lowest BCUT2D eigenvalue weighted by atomic mass is 9.85. The Labute approximate surface area is 78.0 Å². The summed E-state index contributed by atoms with van der Waals surface area (Å²) in [7, 11) is 0. The average molecular weight is 187 g/mol. The summed E-state index contributed by atoms with van der Waals surface area (Å²) in [5.74, 6) is -0.823. The van der Waals surface area contributed by atoms with Gasteiger partial charge in [0.05, 0.1) is 6.10 Å². The van der Waals surface area contributed by atoms with E-state index in [1.807, 2.05) is 13.8 Å². The fourth-order valence-electron chi connectivity index (χ4n) is 2.38. The van der Waals surface area contributed by atoms with Crippen LogP contribution in [0, 0.1) is 11.8 Å². The van der Waals surface area contributed by atoms with E-state index in [0.717, 1.165) is 0 Å². The van der Waals surface area contributed by atoms with E-state index in [1.165, 1.54) is 0 Å². The molecule has 1 heterocycles. The van der Waals surface area contributed by atoms with Crippen LogP contribution in [0.15, 0.2) is 0 Å². The number of hydrogen-bond acceptors (Lipinski definition) is 3. The summed E-state index contributed by atoms with van der Waals surface area (Å²) in [6.45, 7) is 5.49. The van der Waals surface area contributed by atoms with Gasteiger partial charge in [-0.3, -0.25) is 4.79 Å². The van der Waals surface area contributed by atoms with Crippen LogP contribution in [0.4, 0.5) is 0 Å². The summed E-state index contributed by atoms with van der Waals surface area (Å²) < 4.78 is 0. The van der Waals surface area contributed by atoms with E-state index in [1.54, 1.807) is 6.92 Å². The van der Waals surface area contributed by atoms with Crippen molar-refractivity contribution in [3.63, 3.8) is 0 Å². The molecule has 76 valence electrons. The molecule has 0 aromatic carbocycles. The van der Waals surface area contributed by atoms with Crippen LogP contribution in [0.2, 0.25) is 0 Å². The van der Waals surface area contributed by atoms with Gasteiger partial charge >= 0.3 is 5.97 Å². The van der Waals surface area contributed by atoms with Crippen LogP contribution in [0.3, 0.4) is 0 Å². The minimum absolute atomic E-state index is 0.0208. The van der Waals surface area contributed by atoms with Gasteiger partial charge < -0.3 is 15.5 Å². The van der Waals surface area contributed by atoms with Crippen LogP contribution < -0.4 is 5.32 Å². The molecule has 4 nitrogen and oxygen atoms in total. The molecule has 0 unspecified atom stereocenters. The van der Waals surface area contributed by atoms with E-state index in [0.29, 0.717) is 0 Å². The van der Waals surface area contributed by atoms with Gasteiger partial charge in [0.25, 0.3) is 0 Å². The molecule has 1 saturated heterocycles. The van der Waals surface area contributed by atoms with Gasteiger partial charge in [0.1, 0.15) is 6.04 Å². The second-order valence-electron chi connectivity index (χ2n) is 3.95. The molecule has 0 aromatic heterocycles. The lowest BCUT2D eigenvalue weighted by Gasteiger charge is -2.22. The summed E-state index contributed by atoms with van der Waals surface area (Å²) in [6, 6.07) is -0.453. The first-order chi connectivity index (χ1) is 5.95. The quantitative estimate of drug-likeness (QED) is 0.572. The fourth-order valence-corrected chi connectivity index (χ4v) is 2.38. The summed E-state index contributed by atoms with van der Waals surface area (Å²) in [6.07, 6.45) is -0.457. The van der Waals surface area contributed by atoms with Gasteiger partial charge in [-0.15, -0.1) is 0 Å². The second-order valence-corrected chi connectivity index (χ2v) is 3.95. The minimum Gasteiger partial charge on any atom is -0.480 e. The Morgan fingerprint density at radius 3 is 2.23 bits per heavy atom. The van der Waals surface area contributed by atoms with E-state index < -0.39 is 18.1 Å². The maximum atomic E-state index is 10.8. The van der Waals surface area contributed by atoms with Crippen LogP contribution in [-0.2, 0) is 4.79 Å². The van der Waals surface area contributed by atoms with Gasteiger partial charge in [0, 0.05) is 12.0 Å². The van der Waals surface area contributed by atoms with Gasteiger partial charge in [-0.25, -0.2) is 0 Å². The van der Waals surface area contributed by atoms with Crippen LogP contribution in [0.5, 0.6) is 0 Å². The third-order valence-corrected chi connectivity index (χ3v) is 2.98. The lowest BCUT2D eigenvalue weighted by Crippen LogP contribution is -2.36. The first-order valence-corrected chi connectivity index (χ1v) is 4.62. The third-order valence-electron chi connectivity index (χ3n) is 2.98. The zero-order chi connectivity index (χ0) is 10.2. The monoisotopic (exact) mass is 187 g/mol. The van der Waals surface area contributed by atoms with Crippen molar-refractivity contribution in [1.29, 1.82) is 0 Å². The summed E-state index contributed by atoms with van der Waals surface area (Å²) in [5, 5.41) is 21.3. The van der Waals surface area contributed by atoms with Crippen molar-refractivity contribution < 1.29 is 15.0 Å². The molecule has 1 fully saturated rings. The second kappa shape index (κ2) is 3.64. The molecule has 0 spiro atoms. The molecule has 3 N–H and O–H groups in total. The molecule has 13 heavy (non-hydrogen) atoms. The molecule has 0 amide bonds. The first kappa shape index (κ1) is 10.5. The predicted molar refractivity (Wildman–Crippen MR) is 48.4 cm³/mol. The molecule has 5 atom stereocenters. The van der Waals surface area contributed by atoms with Gasteiger partial charge in [0.15, 0.2) is 0 Å². The fraction of sp³-hybridized carbons (Fsp3) is 0.889. The number of aliphatic hydroxyl groups is 1. The van der Waals surface area contributed by atoms with Crippen molar-refractivity contribution >= 4 is 5.97 Å². The van der Waals surface area contributed by atoms with E-state index >= 15 is 0 Å². The number of aliphatic hydroxyl groups excluding tert-OH is 1. The normalized spacial score (nSPS) is 41.8. The average Bonchev–Trinajstić information content (AvgIpc) is 2.26. The zero-order valence-electron chi connectivity index (χ0n) is 8.19. The molecule has 1 rings (SSSR count). The Balaban J connectivity index is 2.75. The Morgan fingerprint density at radius 1 is 1.46 bits per heavy atom. The molecule has 4 heteroatoms. The molecular formula is C9H17NO3. The highest BCUT2D eigenvalue weighted by atomic mass is 16.4. The molecule has 1 aliphatic rings. The predicted octanol–water partition coefficient (Wildman–Crippen LogP) is 0.0644. The van der Waals surface area contributed by atoms with Crippen molar-refractivity contribution in [1.82, 2.24) is 5.32 Å². The molecule has 0 saturated carbocycles. The van der Waals surface area contributed by atoms with Crippen molar-refractivity contribution in [2.24, 2.45) is 11.8 Å². The number of aliphatic carboxylic acids is 1. The molecule has 0 aliphatic carbocycles. The number of nitrogens with one attached hydrogen (secondary N) is 1. The summed E-state index contributed by atoms with van der Waals surface area (Å²) >= 11 is 0. The molecule has 0 bridgehead atoms. The van der Waals surface area contributed by atoms with Crippen LogP contribution in [0.1, 0.15) is 20.8 Å². The smallest absolute Gasteiger partial charge is 0.320 e. The van der Waals surface area contributed by atoms with Gasteiger partial charge in [-0.1, -0.05) is 6.92 Å². The highest BCUT2D eigenvalue weighted by molar-refractivity contribution is 5.74. The van der Waals surface area contributed by atoms with E-state index in [2.05, 4.69) is 5.32 Å². The highest BCUT2D eigenvalue weighted by Gasteiger charge is 2.43. The SMILES string of the molecule is C[C@H]1[C@H]([C@H](C)O)[C@H](C)N[C@H]1C(=O)O. The summed E-state index contributed by atoms with van der Waals surface area (Å²) in [4.78, 5) is 10.8. The third kappa shape index (κ3) is 1.84.